The zero-order valence-electron chi connectivity index (χ0n) is 20.9. The molecule has 1 aliphatic heterocycles. The van der Waals surface area contributed by atoms with E-state index < -0.39 is 36.1 Å². The second-order valence-corrected chi connectivity index (χ2v) is 9.63. The van der Waals surface area contributed by atoms with Crippen molar-refractivity contribution in [2.75, 3.05) is 21.2 Å². The first kappa shape index (κ1) is 25.0. The van der Waals surface area contributed by atoms with Gasteiger partial charge in [0.15, 0.2) is 0 Å². The van der Waals surface area contributed by atoms with E-state index in [4.69, 9.17) is 13.9 Å². The monoisotopic (exact) mass is 507 g/mol. The van der Waals surface area contributed by atoms with Gasteiger partial charge in [0.2, 0.25) is 0 Å². The van der Waals surface area contributed by atoms with Crippen LogP contribution in [0.3, 0.4) is 0 Å². The van der Waals surface area contributed by atoms with Crippen molar-refractivity contribution in [2.45, 2.75) is 37.4 Å². The van der Waals surface area contributed by atoms with Crippen molar-refractivity contribution >= 4 is 38.6 Å². The number of methoxy groups -OCH3 is 1. The first-order chi connectivity index (χ1) is 17.6. The summed E-state index contributed by atoms with van der Waals surface area (Å²) in [6.45, 7) is 5.41. The van der Waals surface area contributed by atoms with Gasteiger partial charge in [-0.1, -0.05) is 18.7 Å². The van der Waals surface area contributed by atoms with E-state index >= 15 is 0 Å². The highest BCUT2D eigenvalue weighted by molar-refractivity contribution is 6.19. The standard InChI is InChI=1S/C28H29NO8/c1-6-13-9-16-20(18(31)10-13)15-11-19(35-5)22-17(30)8-7-14(21(22)26(15)37-28(16)34)27-25(33)23(29(3)4)24(32)12(2)36-27/h6-12,23-25,27,30-33H,1H2,2-5H3/t12-,23+,24+,25-,27+/m1/s1. The first-order valence-corrected chi connectivity index (χ1v) is 11.9. The van der Waals surface area contributed by atoms with Crippen LogP contribution in [0.25, 0.3) is 38.6 Å². The number of fused-ring (bicyclic) bond motifs is 5. The largest absolute Gasteiger partial charge is 0.507 e. The molecule has 194 valence electrons. The zero-order valence-corrected chi connectivity index (χ0v) is 20.9. The van der Waals surface area contributed by atoms with Gasteiger partial charge in [-0.2, -0.15) is 0 Å². The lowest BCUT2D eigenvalue weighted by molar-refractivity contribution is -0.197. The average molecular weight is 508 g/mol. The van der Waals surface area contributed by atoms with Crippen LogP contribution in [-0.4, -0.2) is 70.9 Å². The molecule has 9 heteroatoms. The number of ether oxygens (including phenoxy) is 2. The Labute approximate surface area is 212 Å². The molecular formula is C28H29NO8. The number of phenols is 2. The Kier molecular flexibility index (Phi) is 6.12. The van der Waals surface area contributed by atoms with Crippen LogP contribution in [0.2, 0.25) is 0 Å². The molecule has 0 amide bonds. The molecule has 5 rings (SSSR count). The molecule has 0 aliphatic carbocycles. The van der Waals surface area contributed by atoms with E-state index in [2.05, 4.69) is 6.58 Å². The van der Waals surface area contributed by atoms with Gasteiger partial charge >= 0.3 is 5.63 Å². The molecule has 0 unspecified atom stereocenters. The summed E-state index contributed by atoms with van der Waals surface area (Å²) < 4.78 is 17.5. The van der Waals surface area contributed by atoms with Gasteiger partial charge in [0.05, 0.1) is 36.1 Å². The van der Waals surface area contributed by atoms with Crippen LogP contribution in [0.5, 0.6) is 17.2 Å². The second kappa shape index (κ2) is 9.04. The molecular weight excluding hydrogens is 478 g/mol. The number of aromatic hydroxyl groups is 2. The molecule has 5 atom stereocenters. The Hall–Kier alpha value is -3.63. The molecule has 1 fully saturated rings. The molecule has 3 aromatic carbocycles. The van der Waals surface area contributed by atoms with Gasteiger partial charge in [-0.05, 0) is 56.4 Å². The van der Waals surface area contributed by atoms with E-state index in [0.717, 1.165) is 0 Å². The molecule has 0 radical (unpaired) electrons. The van der Waals surface area contributed by atoms with Crippen LogP contribution >= 0.6 is 0 Å². The normalized spacial score (nSPS) is 24.2. The quantitative estimate of drug-likeness (QED) is 0.243. The maximum absolute atomic E-state index is 13.2. The summed E-state index contributed by atoms with van der Waals surface area (Å²) in [5.41, 5.74) is 0.377. The van der Waals surface area contributed by atoms with Crippen LogP contribution in [-0.2, 0) is 4.74 Å². The highest BCUT2D eigenvalue weighted by Gasteiger charge is 2.45. The highest BCUT2D eigenvalue weighted by Crippen LogP contribution is 2.47. The number of benzene rings is 3. The van der Waals surface area contributed by atoms with E-state index in [1.165, 1.54) is 25.3 Å². The van der Waals surface area contributed by atoms with Gasteiger partial charge in [-0.3, -0.25) is 0 Å². The lowest BCUT2D eigenvalue weighted by atomic mass is 9.86. The molecule has 2 heterocycles. The summed E-state index contributed by atoms with van der Waals surface area (Å²) >= 11 is 0. The SMILES string of the molecule is C=Cc1cc(O)c2c(c1)c(=O)oc1c2cc(OC)c2c(O)ccc([C@@H]3O[C@H](C)[C@H](O)[C@H](N(C)C)[C@H]3O)c21. The second-order valence-electron chi connectivity index (χ2n) is 9.63. The van der Waals surface area contributed by atoms with E-state index in [0.29, 0.717) is 21.9 Å². The Morgan fingerprint density at radius 1 is 1.00 bits per heavy atom. The van der Waals surface area contributed by atoms with E-state index in [1.807, 2.05) is 0 Å². The minimum absolute atomic E-state index is 0.0943. The Morgan fingerprint density at radius 3 is 2.38 bits per heavy atom. The van der Waals surface area contributed by atoms with Gasteiger partial charge in [0.1, 0.15) is 35.0 Å². The Balaban J connectivity index is 1.93. The number of aliphatic hydroxyl groups is 2. The Morgan fingerprint density at radius 2 is 1.73 bits per heavy atom. The molecule has 1 aliphatic rings. The topological polar surface area (TPSA) is 133 Å². The third kappa shape index (κ3) is 3.74. The fourth-order valence-corrected chi connectivity index (χ4v) is 5.47. The van der Waals surface area contributed by atoms with Crippen molar-refractivity contribution in [1.82, 2.24) is 4.90 Å². The fourth-order valence-electron chi connectivity index (χ4n) is 5.47. The molecule has 37 heavy (non-hydrogen) atoms. The molecule has 4 aromatic rings. The van der Waals surface area contributed by atoms with Crippen LogP contribution < -0.4 is 10.4 Å². The third-order valence-electron chi connectivity index (χ3n) is 7.24. The van der Waals surface area contributed by atoms with Crippen molar-refractivity contribution in [3.05, 3.63) is 58.5 Å². The maximum Gasteiger partial charge on any atom is 0.344 e. The number of rotatable bonds is 4. The molecule has 0 saturated carbocycles. The van der Waals surface area contributed by atoms with Crippen LogP contribution in [0.4, 0.5) is 0 Å². The van der Waals surface area contributed by atoms with Gasteiger partial charge in [-0.15, -0.1) is 0 Å². The number of hydrogen-bond donors (Lipinski definition) is 4. The summed E-state index contributed by atoms with van der Waals surface area (Å²) in [5.74, 6) is -0.00692. The predicted octanol–water partition coefficient (Wildman–Crippen LogP) is 3.27. The molecule has 1 aromatic heterocycles. The van der Waals surface area contributed by atoms with Gasteiger partial charge in [-0.25, -0.2) is 4.79 Å². The molecule has 9 nitrogen and oxygen atoms in total. The van der Waals surface area contributed by atoms with Crippen LogP contribution in [0.1, 0.15) is 24.2 Å². The van der Waals surface area contributed by atoms with Gasteiger partial charge < -0.3 is 39.2 Å². The first-order valence-electron chi connectivity index (χ1n) is 11.9. The summed E-state index contributed by atoms with van der Waals surface area (Å²) in [5, 5.41) is 45.1. The number of likely N-dealkylation sites (N-methyl/N-ethyl adjacent to an activating group) is 1. The fraction of sp³-hybridized carbons (Fsp3) is 0.321. The van der Waals surface area contributed by atoms with Crippen molar-refractivity contribution in [3.8, 4) is 17.2 Å². The molecule has 1 saturated heterocycles. The number of aliphatic hydroxyl groups excluding tert-OH is 2. The lowest BCUT2D eigenvalue weighted by Gasteiger charge is -2.45. The predicted molar refractivity (Wildman–Crippen MR) is 140 cm³/mol. The molecule has 4 N–H and O–H groups in total. The van der Waals surface area contributed by atoms with Gasteiger partial charge in [0.25, 0.3) is 0 Å². The number of phenolic OH excluding ortho intramolecular Hbond substituents is 2. The third-order valence-corrected chi connectivity index (χ3v) is 7.24. The summed E-state index contributed by atoms with van der Waals surface area (Å²) in [6.07, 6.45) is -2.17. The number of nitrogens with zero attached hydrogens (tertiary/aromatic N) is 1. The summed E-state index contributed by atoms with van der Waals surface area (Å²) in [4.78, 5) is 14.9. The average Bonchev–Trinajstić information content (AvgIpc) is 2.86. The molecule has 0 spiro atoms. The van der Waals surface area contributed by atoms with E-state index in [-0.39, 0.29) is 39.0 Å². The van der Waals surface area contributed by atoms with E-state index in [1.54, 1.807) is 44.1 Å². The molecule has 0 bridgehead atoms. The summed E-state index contributed by atoms with van der Waals surface area (Å²) in [6, 6.07) is 7.05. The number of hydrogen-bond acceptors (Lipinski definition) is 9. The van der Waals surface area contributed by atoms with Crippen molar-refractivity contribution in [3.63, 3.8) is 0 Å². The van der Waals surface area contributed by atoms with E-state index in [9.17, 15) is 25.2 Å². The minimum atomic E-state index is -1.16. The van der Waals surface area contributed by atoms with Crippen LogP contribution in [0, 0.1) is 0 Å². The van der Waals surface area contributed by atoms with Crippen molar-refractivity contribution in [1.29, 1.82) is 0 Å². The Bertz CT molecular complexity index is 1610. The van der Waals surface area contributed by atoms with Gasteiger partial charge in [0, 0.05) is 16.2 Å². The van der Waals surface area contributed by atoms with Crippen molar-refractivity contribution in [2.24, 2.45) is 0 Å². The zero-order chi connectivity index (χ0) is 26.8. The minimum Gasteiger partial charge on any atom is -0.507 e. The van der Waals surface area contributed by atoms with Crippen molar-refractivity contribution < 1.29 is 34.3 Å². The smallest absolute Gasteiger partial charge is 0.344 e. The lowest BCUT2D eigenvalue weighted by Crippen LogP contribution is -2.58. The van der Waals surface area contributed by atoms with Crippen LogP contribution in [0.15, 0.2) is 46.1 Å². The highest BCUT2D eigenvalue weighted by atomic mass is 16.5. The maximum atomic E-state index is 13.2. The summed E-state index contributed by atoms with van der Waals surface area (Å²) in [7, 11) is 4.95.